The molecule has 32 heavy (non-hydrogen) atoms. The third-order valence-electron chi connectivity index (χ3n) is 5.23. The summed E-state index contributed by atoms with van der Waals surface area (Å²) in [6, 6.07) is 15.7. The molecule has 4 rings (SSSR count). The van der Waals surface area contributed by atoms with Crippen molar-refractivity contribution in [1.82, 2.24) is 19.5 Å². The summed E-state index contributed by atoms with van der Waals surface area (Å²) >= 11 is 6.32. The summed E-state index contributed by atoms with van der Waals surface area (Å²) in [6.07, 6.45) is 2.31. The highest BCUT2D eigenvalue weighted by atomic mass is 35.5. The lowest BCUT2D eigenvalue weighted by molar-refractivity contribution is 0.414. The van der Waals surface area contributed by atoms with Gasteiger partial charge in [-0.3, -0.25) is 0 Å². The number of hydrogen-bond acceptors (Lipinski definition) is 6. The van der Waals surface area contributed by atoms with Crippen molar-refractivity contribution in [3.8, 4) is 11.5 Å². The molecule has 0 saturated heterocycles. The van der Waals surface area contributed by atoms with E-state index in [1.165, 1.54) is 0 Å². The first-order valence-corrected chi connectivity index (χ1v) is 10.6. The second-order valence-electron chi connectivity index (χ2n) is 8.38. The zero-order chi connectivity index (χ0) is 22.9. The summed E-state index contributed by atoms with van der Waals surface area (Å²) in [4.78, 5) is 13.6. The van der Waals surface area contributed by atoms with Crippen LogP contribution in [-0.4, -0.2) is 39.3 Å². The lowest BCUT2D eigenvalue weighted by Crippen LogP contribution is -2.34. The molecule has 8 heteroatoms. The van der Waals surface area contributed by atoms with E-state index in [0.717, 1.165) is 28.3 Å². The zero-order valence-electron chi connectivity index (χ0n) is 18.5. The van der Waals surface area contributed by atoms with Crippen molar-refractivity contribution in [3.05, 3.63) is 77.0 Å². The summed E-state index contributed by atoms with van der Waals surface area (Å²) in [5.74, 6) is 1.58. The minimum Gasteiger partial charge on any atom is -0.497 e. The summed E-state index contributed by atoms with van der Waals surface area (Å²) in [5.41, 5.74) is 9.96. The third kappa shape index (κ3) is 4.54. The van der Waals surface area contributed by atoms with E-state index in [2.05, 4.69) is 15.0 Å². The normalized spacial score (nSPS) is 11.8. The Kier molecular flexibility index (Phi) is 6.04. The van der Waals surface area contributed by atoms with Gasteiger partial charge in [-0.05, 0) is 60.8 Å². The van der Waals surface area contributed by atoms with Gasteiger partial charge in [-0.15, -0.1) is 0 Å². The van der Waals surface area contributed by atoms with Crippen LogP contribution in [0.25, 0.3) is 11.2 Å². The lowest BCUT2D eigenvalue weighted by atomic mass is 9.97. The topological polar surface area (TPSA) is 88.1 Å². The van der Waals surface area contributed by atoms with E-state index in [1.807, 2.05) is 66.9 Å². The van der Waals surface area contributed by atoms with E-state index in [-0.39, 0.29) is 11.3 Å². The Morgan fingerprint density at radius 1 is 0.938 bits per heavy atom. The quantitative estimate of drug-likeness (QED) is 0.418. The molecule has 2 aromatic heterocycles. The first-order chi connectivity index (χ1) is 15.3. The molecule has 0 radical (unpaired) electrons. The maximum atomic E-state index is 6.32. The van der Waals surface area contributed by atoms with Gasteiger partial charge in [0.05, 0.1) is 32.3 Å². The molecule has 4 aromatic rings. The molecule has 166 valence electrons. The number of hydrogen-bond donors (Lipinski definition) is 1. The Hall–Kier alpha value is -3.16. The molecule has 0 fully saturated rings. The van der Waals surface area contributed by atoms with E-state index in [0.29, 0.717) is 17.6 Å². The molecule has 0 amide bonds. The van der Waals surface area contributed by atoms with Crippen LogP contribution in [-0.2, 0) is 6.42 Å². The van der Waals surface area contributed by atoms with Crippen molar-refractivity contribution >= 4 is 22.8 Å². The van der Waals surface area contributed by atoms with Crippen LogP contribution in [0.2, 0.25) is 5.28 Å². The van der Waals surface area contributed by atoms with Crippen molar-refractivity contribution in [1.29, 1.82) is 0 Å². The molecular weight excluding hydrogens is 426 g/mol. The van der Waals surface area contributed by atoms with Gasteiger partial charge < -0.3 is 19.8 Å². The number of nitrogens with two attached hydrogens (primary N) is 1. The van der Waals surface area contributed by atoms with Crippen LogP contribution >= 0.6 is 11.6 Å². The molecular formula is C24H26ClN5O2. The fourth-order valence-corrected chi connectivity index (χ4v) is 3.96. The molecule has 0 spiro atoms. The Morgan fingerprint density at radius 3 is 1.94 bits per heavy atom. The van der Waals surface area contributed by atoms with Crippen LogP contribution in [0.1, 0.15) is 36.7 Å². The van der Waals surface area contributed by atoms with Crippen molar-refractivity contribution in [2.75, 3.05) is 14.2 Å². The Bertz CT molecular complexity index is 1170. The van der Waals surface area contributed by atoms with Crippen molar-refractivity contribution < 1.29 is 9.47 Å². The number of benzene rings is 2. The molecule has 0 bridgehead atoms. The highest BCUT2D eigenvalue weighted by molar-refractivity contribution is 6.28. The van der Waals surface area contributed by atoms with Gasteiger partial charge >= 0.3 is 0 Å². The monoisotopic (exact) mass is 451 g/mol. The molecule has 0 unspecified atom stereocenters. The van der Waals surface area contributed by atoms with Gasteiger partial charge in [0, 0.05) is 12.0 Å². The number of nitrogens with zero attached hydrogens (tertiary/aromatic N) is 4. The fourth-order valence-electron chi connectivity index (χ4n) is 3.78. The first kappa shape index (κ1) is 22.0. The van der Waals surface area contributed by atoms with Gasteiger partial charge in [-0.25, -0.2) is 9.97 Å². The highest BCUT2D eigenvalue weighted by Gasteiger charge is 2.24. The molecule has 0 aliphatic heterocycles. The summed E-state index contributed by atoms with van der Waals surface area (Å²) < 4.78 is 12.7. The third-order valence-corrected chi connectivity index (χ3v) is 5.40. The van der Waals surface area contributed by atoms with Crippen LogP contribution in [0, 0.1) is 0 Å². The maximum Gasteiger partial charge on any atom is 0.224 e. The van der Waals surface area contributed by atoms with Gasteiger partial charge in [0.2, 0.25) is 5.28 Å². The first-order valence-electron chi connectivity index (χ1n) is 10.2. The molecule has 2 aromatic carbocycles. The minimum atomic E-state index is -0.459. The fraction of sp³-hybridized carbons (Fsp3) is 0.292. The molecule has 7 nitrogen and oxygen atoms in total. The van der Waals surface area contributed by atoms with Crippen molar-refractivity contribution in [2.24, 2.45) is 5.73 Å². The van der Waals surface area contributed by atoms with E-state index in [9.17, 15) is 0 Å². The van der Waals surface area contributed by atoms with E-state index in [1.54, 1.807) is 20.5 Å². The van der Waals surface area contributed by atoms with Gasteiger partial charge in [0.25, 0.3) is 0 Å². The molecule has 0 atom stereocenters. The highest BCUT2D eigenvalue weighted by Crippen LogP contribution is 2.32. The van der Waals surface area contributed by atoms with E-state index >= 15 is 0 Å². The molecule has 0 aliphatic carbocycles. The van der Waals surface area contributed by atoms with E-state index in [4.69, 9.17) is 26.8 Å². The maximum absolute atomic E-state index is 6.32. The standard InChI is InChI=1S/C24H26ClN5O2/c1-24(2,26)13-19-20-22(29-23(25)28-19)30(14-27-20)21(15-5-9-17(31-3)10-6-15)16-7-11-18(32-4)12-8-16/h5-12,14,21H,13,26H2,1-4H3. The van der Waals surface area contributed by atoms with Crippen LogP contribution in [0.4, 0.5) is 0 Å². The molecule has 0 aliphatic rings. The number of imidazole rings is 1. The van der Waals surface area contributed by atoms with Crippen LogP contribution in [0.5, 0.6) is 11.5 Å². The Morgan fingerprint density at radius 2 is 1.47 bits per heavy atom. The van der Waals surface area contributed by atoms with Gasteiger partial charge in [0.15, 0.2) is 5.65 Å². The van der Waals surface area contributed by atoms with Crippen LogP contribution in [0.15, 0.2) is 54.9 Å². The predicted octanol–water partition coefficient (Wildman–Crippen LogP) is 4.41. The molecule has 2 heterocycles. The second-order valence-corrected chi connectivity index (χ2v) is 8.72. The number of rotatable bonds is 7. The number of aromatic nitrogens is 4. The zero-order valence-corrected chi connectivity index (χ0v) is 19.3. The van der Waals surface area contributed by atoms with Gasteiger partial charge in [-0.1, -0.05) is 24.3 Å². The van der Waals surface area contributed by atoms with Crippen molar-refractivity contribution in [2.45, 2.75) is 31.8 Å². The Balaban J connectivity index is 1.90. The minimum absolute atomic E-state index is 0.168. The smallest absolute Gasteiger partial charge is 0.224 e. The average Bonchev–Trinajstić information content (AvgIpc) is 3.17. The van der Waals surface area contributed by atoms with Crippen LogP contribution in [0.3, 0.4) is 0 Å². The largest absolute Gasteiger partial charge is 0.497 e. The van der Waals surface area contributed by atoms with Gasteiger partial charge in [0.1, 0.15) is 17.0 Å². The second kappa shape index (κ2) is 8.76. The summed E-state index contributed by atoms with van der Waals surface area (Å²) in [7, 11) is 3.30. The summed E-state index contributed by atoms with van der Waals surface area (Å²) in [5, 5.41) is 0.168. The number of methoxy groups -OCH3 is 2. The SMILES string of the molecule is COc1ccc(C(c2ccc(OC)cc2)n2cnc3c(CC(C)(C)N)nc(Cl)nc32)cc1. The Labute approximate surface area is 192 Å². The van der Waals surface area contributed by atoms with Gasteiger partial charge in [-0.2, -0.15) is 4.98 Å². The number of halogens is 1. The number of ether oxygens (including phenoxy) is 2. The molecule has 0 saturated carbocycles. The average molecular weight is 452 g/mol. The predicted molar refractivity (Wildman–Crippen MR) is 126 cm³/mol. The van der Waals surface area contributed by atoms with Crippen molar-refractivity contribution in [3.63, 3.8) is 0 Å². The molecule has 2 N–H and O–H groups in total. The van der Waals surface area contributed by atoms with E-state index < -0.39 is 5.54 Å². The lowest BCUT2D eigenvalue weighted by Gasteiger charge is -2.21. The number of fused-ring (bicyclic) bond motifs is 1. The summed E-state index contributed by atoms with van der Waals surface area (Å²) in [6.45, 7) is 3.90. The van der Waals surface area contributed by atoms with Crippen LogP contribution < -0.4 is 15.2 Å².